The molecule has 3 aliphatic heterocycles. The number of hydrogen-bond acceptors (Lipinski definition) is 7. The number of ether oxygens (including phenoxy) is 1. The molecule has 2 N–H and O–H groups in total. The average molecular weight is 781 g/mol. The van der Waals surface area contributed by atoms with Crippen molar-refractivity contribution in [3.63, 3.8) is 0 Å². The third-order valence-electron chi connectivity index (χ3n) is 11.1. The Kier molecular flexibility index (Phi) is 12.3. The van der Waals surface area contributed by atoms with Crippen LogP contribution in [-0.4, -0.2) is 96.5 Å². The summed E-state index contributed by atoms with van der Waals surface area (Å²) in [6.07, 6.45) is -4.13. The van der Waals surface area contributed by atoms with Crippen LogP contribution in [0.3, 0.4) is 0 Å². The number of fused-ring (bicyclic) bond motifs is 1. The van der Waals surface area contributed by atoms with Gasteiger partial charge in [0.05, 0.1) is 0 Å². The summed E-state index contributed by atoms with van der Waals surface area (Å²) in [5.41, 5.74) is 7.19. The van der Waals surface area contributed by atoms with Gasteiger partial charge in [-0.2, -0.15) is 0 Å². The molecule has 0 spiro atoms. The maximum atomic E-state index is 15.3. The number of allylic oxidation sites excluding steroid dienone is 1. The third-order valence-corrected chi connectivity index (χ3v) is 11.1. The Morgan fingerprint density at radius 1 is 0.860 bits per heavy atom. The number of imide groups is 1. The molecule has 9 nitrogen and oxygen atoms in total. The lowest BCUT2D eigenvalue weighted by molar-refractivity contribution is -0.136. The fourth-order valence-electron chi connectivity index (χ4n) is 8.05. The van der Waals surface area contributed by atoms with Gasteiger partial charge in [0, 0.05) is 63.4 Å². The number of nitrogens with zero attached hydrogens (tertiary/aromatic N) is 3. The molecule has 3 aliphatic rings. The van der Waals surface area contributed by atoms with Crippen LogP contribution in [0.25, 0.3) is 11.1 Å². The number of benzene rings is 4. The fourth-order valence-corrected chi connectivity index (χ4v) is 8.05. The van der Waals surface area contributed by atoms with Crippen molar-refractivity contribution >= 4 is 34.6 Å². The standard InChI is InChI=1S/C45H47F3N4O5/c1-2-37(29-6-4-3-5-7-29)43(30-8-13-34(53)14-9-30)31-10-15-35(16-11-31)57-36(26-46)25-39(47)40(48)28-50-20-22-51(23-21-50)33-12-17-38-32(24-33)27-52(45(38)56)41-18-19-42(54)49-44(41)55/h3-17,24,36,39-41,53H,2,18-23,25-28H2,1H3,(H,49,54,55). The second-order valence-electron chi connectivity index (χ2n) is 14.8. The number of anilines is 1. The van der Waals surface area contributed by atoms with Gasteiger partial charge in [0.15, 0.2) is 0 Å². The molecule has 0 saturated carbocycles. The summed E-state index contributed by atoms with van der Waals surface area (Å²) < 4.78 is 50.7. The predicted octanol–water partition coefficient (Wildman–Crippen LogP) is 7.13. The van der Waals surface area contributed by atoms with Gasteiger partial charge >= 0.3 is 0 Å². The van der Waals surface area contributed by atoms with E-state index in [9.17, 15) is 23.9 Å². The number of phenols is 1. The minimum atomic E-state index is -1.92. The first-order valence-electron chi connectivity index (χ1n) is 19.6. The number of amides is 3. The Bertz CT molecular complexity index is 2090. The summed E-state index contributed by atoms with van der Waals surface area (Å²) in [5, 5.41) is 12.2. The van der Waals surface area contributed by atoms with Gasteiger partial charge in [-0.05, 0) is 88.7 Å². The summed E-state index contributed by atoms with van der Waals surface area (Å²) in [5.74, 6) is -0.511. The number of halogens is 3. The highest BCUT2D eigenvalue weighted by Crippen LogP contribution is 2.36. The Labute approximate surface area is 330 Å². The maximum absolute atomic E-state index is 15.3. The number of piperidine rings is 1. The van der Waals surface area contributed by atoms with E-state index in [4.69, 9.17) is 4.74 Å². The molecular formula is C45H47F3N4O5. The number of hydrogen-bond donors (Lipinski definition) is 2. The molecule has 2 fully saturated rings. The van der Waals surface area contributed by atoms with Gasteiger partial charge in [-0.25, -0.2) is 13.2 Å². The van der Waals surface area contributed by atoms with E-state index in [2.05, 4.69) is 29.3 Å². The van der Waals surface area contributed by atoms with Crippen LogP contribution in [0.1, 0.15) is 65.2 Å². The molecule has 0 aliphatic carbocycles. The molecule has 4 atom stereocenters. The van der Waals surface area contributed by atoms with Gasteiger partial charge in [0.25, 0.3) is 5.91 Å². The summed E-state index contributed by atoms with van der Waals surface area (Å²) in [7, 11) is 0. The third kappa shape index (κ3) is 9.01. The number of alkyl halides is 3. The molecular weight excluding hydrogens is 734 g/mol. The van der Waals surface area contributed by atoms with Crippen LogP contribution in [0.2, 0.25) is 0 Å². The topological polar surface area (TPSA) is 102 Å². The van der Waals surface area contributed by atoms with Crippen LogP contribution in [0, 0.1) is 0 Å². The molecule has 4 unspecified atom stereocenters. The van der Waals surface area contributed by atoms with Crippen molar-refractivity contribution in [3.05, 3.63) is 125 Å². The summed E-state index contributed by atoms with van der Waals surface area (Å²) in [4.78, 5) is 42.6. The lowest BCUT2D eigenvalue weighted by Gasteiger charge is -2.37. The molecule has 7 rings (SSSR count). The minimum Gasteiger partial charge on any atom is -0.508 e. The van der Waals surface area contributed by atoms with Gasteiger partial charge < -0.3 is 19.6 Å². The van der Waals surface area contributed by atoms with Gasteiger partial charge in [-0.15, -0.1) is 0 Å². The Balaban J connectivity index is 0.923. The van der Waals surface area contributed by atoms with Crippen LogP contribution in [0.15, 0.2) is 97.1 Å². The molecule has 12 heteroatoms. The Morgan fingerprint density at radius 2 is 1.54 bits per heavy atom. The van der Waals surface area contributed by atoms with E-state index in [0.29, 0.717) is 43.9 Å². The largest absolute Gasteiger partial charge is 0.508 e. The Hall–Kier alpha value is -5.62. The molecule has 0 bridgehead atoms. The normalized spacial score (nSPS) is 19.4. The van der Waals surface area contributed by atoms with E-state index < -0.39 is 43.5 Å². The Morgan fingerprint density at radius 3 is 2.19 bits per heavy atom. The highest BCUT2D eigenvalue weighted by molar-refractivity contribution is 6.05. The van der Waals surface area contributed by atoms with Crippen molar-refractivity contribution in [3.8, 4) is 11.5 Å². The first-order valence-corrected chi connectivity index (χ1v) is 19.6. The molecule has 298 valence electrons. The zero-order valence-electron chi connectivity index (χ0n) is 31.9. The molecule has 3 amide bonds. The van der Waals surface area contributed by atoms with E-state index in [-0.39, 0.29) is 37.1 Å². The highest BCUT2D eigenvalue weighted by atomic mass is 19.2. The molecule has 57 heavy (non-hydrogen) atoms. The van der Waals surface area contributed by atoms with Crippen LogP contribution >= 0.6 is 0 Å². The molecule has 0 radical (unpaired) electrons. The van der Waals surface area contributed by atoms with Crippen LogP contribution in [0.4, 0.5) is 18.9 Å². The molecule has 4 aromatic rings. The summed E-state index contributed by atoms with van der Waals surface area (Å²) in [6.45, 7) is 3.37. The number of carbonyl (C=O) groups is 3. The zero-order valence-corrected chi connectivity index (χ0v) is 31.9. The molecule has 4 aromatic carbocycles. The van der Waals surface area contributed by atoms with Gasteiger partial charge in [0.1, 0.15) is 42.7 Å². The first kappa shape index (κ1) is 39.6. The van der Waals surface area contributed by atoms with Crippen LogP contribution in [0.5, 0.6) is 11.5 Å². The SMILES string of the molecule is CCC(=C(c1ccc(O)cc1)c1ccc(OC(CF)CC(F)C(F)CN2CCN(c3ccc4c(c3)CN(C3CCC(=O)NC3=O)C4=O)CC2)cc1)c1ccccc1. The maximum Gasteiger partial charge on any atom is 0.255 e. The van der Waals surface area contributed by atoms with Crippen molar-refractivity contribution in [1.82, 2.24) is 15.1 Å². The quantitative estimate of drug-likeness (QED) is 0.104. The van der Waals surface area contributed by atoms with Gasteiger partial charge in [-0.3, -0.25) is 24.6 Å². The number of rotatable bonds is 14. The summed E-state index contributed by atoms with van der Waals surface area (Å²) >= 11 is 0. The van der Waals surface area contributed by atoms with E-state index in [1.807, 2.05) is 59.5 Å². The predicted molar refractivity (Wildman–Crippen MR) is 213 cm³/mol. The second kappa shape index (κ2) is 17.7. The number of carbonyl (C=O) groups excluding carboxylic acids is 3. The van der Waals surface area contributed by atoms with E-state index in [1.165, 1.54) is 4.90 Å². The number of phenolic OH excluding ortho intramolecular Hbond substituents is 1. The van der Waals surface area contributed by atoms with Crippen LogP contribution < -0.4 is 15.0 Å². The van der Waals surface area contributed by atoms with E-state index in [1.54, 1.807) is 30.3 Å². The first-order chi connectivity index (χ1) is 27.6. The van der Waals surface area contributed by atoms with E-state index >= 15 is 8.78 Å². The minimum absolute atomic E-state index is 0.129. The lowest BCUT2D eigenvalue weighted by Crippen LogP contribution is -2.52. The second-order valence-corrected chi connectivity index (χ2v) is 14.8. The van der Waals surface area contributed by atoms with Crippen molar-refractivity contribution in [1.29, 1.82) is 0 Å². The van der Waals surface area contributed by atoms with Crippen LogP contribution in [-0.2, 0) is 16.1 Å². The number of aromatic hydroxyl groups is 1. The van der Waals surface area contributed by atoms with Crippen molar-refractivity contribution < 1.29 is 37.4 Å². The van der Waals surface area contributed by atoms with Crippen molar-refractivity contribution in [2.45, 2.75) is 63.6 Å². The zero-order chi connectivity index (χ0) is 40.1. The van der Waals surface area contributed by atoms with Gasteiger partial charge in [0.2, 0.25) is 11.8 Å². The molecule has 2 saturated heterocycles. The fraction of sp³-hybridized carbons (Fsp3) is 0.356. The van der Waals surface area contributed by atoms with Crippen molar-refractivity contribution in [2.24, 2.45) is 0 Å². The smallest absolute Gasteiger partial charge is 0.255 e. The van der Waals surface area contributed by atoms with Gasteiger partial charge in [-0.1, -0.05) is 61.5 Å². The monoisotopic (exact) mass is 780 g/mol. The number of piperazine rings is 1. The highest BCUT2D eigenvalue weighted by Gasteiger charge is 2.39. The molecule has 3 heterocycles. The molecule has 0 aromatic heterocycles. The lowest BCUT2D eigenvalue weighted by atomic mass is 9.88. The summed E-state index contributed by atoms with van der Waals surface area (Å²) in [6, 6.07) is 29.1. The van der Waals surface area contributed by atoms with Crippen molar-refractivity contribution in [2.75, 3.05) is 44.3 Å². The average Bonchev–Trinajstić information content (AvgIpc) is 3.55. The number of nitrogens with one attached hydrogen (secondary N) is 1. The van der Waals surface area contributed by atoms with E-state index in [0.717, 1.165) is 45.5 Å².